The van der Waals surface area contributed by atoms with Crippen LogP contribution in [0.15, 0.2) is 27.6 Å². The third-order valence-electron chi connectivity index (χ3n) is 1.75. The van der Waals surface area contributed by atoms with E-state index in [-0.39, 0.29) is 6.61 Å². The van der Waals surface area contributed by atoms with Crippen LogP contribution in [-0.2, 0) is 6.61 Å². The fourth-order valence-electron chi connectivity index (χ4n) is 1.02. The van der Waals surface area contributed by atoms with Gasteiger partial charge in [-0.05, 0) is 39.5 Å². The van der Waals surface area contributed by atoms with Crippen LogP contribution in [0.4, 0.5) is 0 Å². The number of thioether (sulfide) groups is 1. The van der Waals surface area contributed by atoms with Gasteiger partial charge in [0.15, 0.2) is 0 Å². The van der Waals surface area contributed by atoms with Gasteiger partial charge in [0.05, 0.1) is 6.61 Å². The Bertz CT molecular complexity index is 299. The van der Waals surface area contributed by atoms with Gasteiger partial charge in [0, 0.05) is 15.1 Å². The van der Waals surface area contributed by atoms with Crippen LogP contribution in [0.5, 0.6) is 0 Å². The summed E-state index contributed by atoms with van der Waals surface area (Å²) in [6.45, 7) is 4.53. The van der Waals surface area contributed by atoms with Gasteiger partial charge in [-0.3, -0.25) is 0 Å². The Morgan fingerprint density at radius 3 is 2.64 bits per heavy atom. The van der Waals surface area contributed by atoms with Crippen molar-refractivity contribution in [3.8, 4) is 0 Å². The van der Waals surface area contributed by atoms with Gasteiger partial charge in [-0.1, -0.05) is 19.9 Å². The number of benzene rings is 1. The minimum Gasteiger partial charge on any atom is -0.392 e. The van der Waals surface area contributed by atoms with E-state index in [1.165, 1.54) is 4.90 Å². The molecule has 14 heavy (non-hydrogen) atoms. The Labute approximate surface area is 98.0 Å². The Hall–Kier alpha value is 0.01000. The minimum atomic E-state index is 0.105. The molecule has 0 amide bonds. The molecule has 0 fully saturated rings. The molecule has 78 valence electrons. The molecule has 0 bridgehead atoms. The number of hydrogen-bond acceptors (Lipinski definition) is 2. The van der Waals surface area contributed by atoms with E-state index in [0.29, 0.717) is 5.92 Å². The van der Waals surface area contributed by atoms with Crippen molar-refractivity contribution >= 4 is 27.7 Å². The van der Waals surface area contributed by atoms with Crippen LogP contribution in [-0.4, -0.2) is 10.9 Å². The Morgan fingerprint density at radius 1 is 1.43 bits per heavy atom. The number of rotatable bonds is 4. The molecule has 0 saturated heterocycles. The van der Waals surface area contributed by atoms with Crippen LogP contribution < -0.4 is 0 Å². The molecule has 1 N–H and O–H groups in total. The highest BCUT2D eigenvalue weighted by Gasteiger charge is 2.03. The van der Waals surface area contributed by atoms with E-state index < -0.39 is 0 Å². The van der Waals surface area contributed by atoms with Crippen molar-refractivity contribution in [2.75, 3.05) is 5.75 Å². The van der Waals surface area contributed by atoms with Crippen molar-refractivity contribution < 1.29 is 5.11 Å². The molecule has 1 aromatic carbocycles. The van der Waals surface area contributed by atoms with E-state index in [0.717, 1.165) is 15.8 Å². The van der Waals surface area contributed by atoms with E-state index in [4.69, 9.17) is 5.11 Å². The number of hydrogen-bond donors (Lipinski definition) is 1. The van der Waals surface area contributed by atoms with Crippen LogP contribution in [0.1, 0.15) is 19.4 Å². The zero-order valence-corrected chi connectivity index (χ0v) is 10.9. The summed E-state index contributed by atoms with van der Waals surface area (Å²) in [6, 6.07) is 6.00. The molecule has 3 heteroatoms. The fraction of sp³-hybridized carbons (Fsp3) is 0.455. The number of aliphatic hydroxyl groups excluding tert-OH is 1. The highest BCUT2D eigenvalue weighted by Crippen LogP contribution is 2.29. The molecule has 0 spiro atoms. The van der Waals surface area contributed by atoms with Gasteiger partial charge in [-0.15, -0.1) is 11.8 Å². The lowest BCUT2D eigenvalue weighted by molar-refractivity contribution is 0.281. The average Bonchev–Trinajstić information content (AvgIpc) is 2.15. The van der Waals surface area contributed by atoms with Crippen molar-refractivity contribution in [2.24, 2.45) is 5.92 Å². The van der Waals surface area contributed by atoms with Crippen LogP contribution in [0.25, 0.3) is 0 Å². The lowest BCUT2D eigenvalue weighted by Crippen LogP contribution is -1.91. The second-order valence-electron chi connectivity index (χ2n) is 3.63. The topological polar surface area (TPSA) is 20.2 Å². The van der Waals surface area contributed by atoms with Crippen molar-refractivity contribution in [2.45, 2.75) is 25.3 Å². The summed E-state index contributed by atoms with van der Waals surface area (Å²) in [5.74, 6) is 1.82. The van der Waals surface area contributed by atoms with Gasteiger partial charge in [-0.2, -0.15) is 0 Å². The van der Waals surface area contributed by atoms with Gasteiger partial charge >= 0.3 is 0 Å². The Morgan fingerprint density at radius 2 is 2.14 bits per heavy atom. The molecule has 1 nitrogen and oxygen atoms in total. The predicted octanol–water partition coefficient (Wildman–Crippen LogP) is 3.69. The number of halogens is 1. The first kappa shape index (κ1) is 12.1. The van der Waals surface area contributed by atoms with Crippen molar-refractivity contribution in [3.63, 3.8) is 0 Å². The van der Waals surface area contributed by atoms with E-state index in [2.05, 4.69) is 35.8 Å². The van der Waals surface area contributed by atoms with Crippen molar-refractivity contribution in [1.29, 1.82) is 0 Å². The van der Waals surface area contributed by atoms with E-state index in [1.807, 2.05) is 23.9 Å². The second-order valence-corrected chi connectivity index (χ2v) is 5.54. The summed E-state index contributed by atoms with van der Waals surface area (Å²) in [7, 11) is 0. The summed E-state index contributed by atoms with van der Waals surface area (Å²) in [6.07, 6.45) is 0. The molecule has 0 atom stereocenters. The van der Waals surface area contributed by atoms with E-state index in [9.17, 15) is 0 Å². The third kappa shape index (κ3) is 3.64. The van der Waals surface area contributed by atoms with Crippen molar-refractivity contribution in [1.82, 2.24) is 0 Å². The van der Waals surface area contributed by atoms with Crippen LogP contribution >= 0.6 is 27.7 Å². The maximum atomic E-state index is 8.94. The summed E-state index contributed by atoms with van der Waals surface area (Å²) in [4.78, 5) is 1.25. The Kier molecular flexibility index (Phi) is 4.99. The maximum Gasteiger partial charge on any atom is 0.0682 e. The lowest BCUT2D eigenvalue weighted by Gasteiger charge is -2.07. The monoisotopic (exact) mass is 274 g/mol. The Balaban J connectivity index is 2.69. The van der Waals surface area contributed by atoms with Crippen molar-refractivity contribution in [3.05, 3.63) is 28.2 Å². The molecule has 1 rings (SSSR count). The molecule has 0 aliphatic rings. The van der Waals surface area contributed by atoms with Crippen LogP contribution in [0, 0.1) is 5.92 Å². The molecule has 0 saturated carbocycles. The van der Waals surface area contributed by atoms with Gasteiger partial charge in [0.25, 0.3) is 0 Å². The molecule has 0 aromatic heterocycles. The molecule has 0 radical (unpaired) electrons. The van der Waals surface area contributed by atoms with Gasteiger partial charge in [-0.25, -0.2) is 0 Å². The summed E-state index contributed by atoms with van der Waals surface area (Å²) >= 11 is 5.35. The van der Waals surface area contributed by atoms with E-state index in [1.54, 1.807) is 0 Å². The lowest BCUT2D eigenvalue weighted by atomic mass is 10.2. The van der Waals surface area contributed by atoms with E-state index >= 15 is 0 Å². The minimum absolute atomic E-state index is 0.105. The first-order chi connectivity index (χ1) is 6.63. The molecule has 0 aliphatic heterocycles. The summed E-state index contributed by atoms with van der Waals surface area (Å²) < 4.78 is 1.08. The normalized spacial score (nSPS) is 10.9. The van der Waals surface area contributed by atoms with Gasteiger partial charge in [0.1, 0.15) is 0 Å². The standard InChI is InChI=1S/C11H15BrOS/c1-8(2)7-14-11-4-3-9(6-13)5-10(11)12/h3-5,8,13H,6-7H2,1-2H3. The molecular formula is C11H15BrOS. The first-order valence-corrected chi connectivity index (χ1v) is 6.43. The molecule has 0 heterocycles. The zero-order valence-electron chi connectivity index (χ0n) is 8.46. The zero-order chi connectivity index (χ0) is 10.6. The van der Waals surface area contributed by atoms with Crippen LogP contribution in [0.2, 0.25) is 0 Å². The predicted molar refractivity (Wildman–Crippen MR) is 65.6 cm³/mol. The smallest absolute Gasteiger partial charge is 0.0682 e. The molecule has 0 aliphatic carbocycles. The fourth-order valence-corrected chi connectivity index (χ4v) is 2.66. The quantitative estimate of drug-likeness (QED) is 0.846. The molecule has 0 unspecified atom stereocenters. The second kappa shape index (κ2) is 5.79. The molecule has 1 aromatic rings. The molecular weight excluding hydrogens is 260 g/mol. The summed E-state index contributed by atoms with van der Waals surface area (Å²) in [5.41, 5.74) is 0.950. The van der Waals surface area contributed by atoms with Gasteiger partial charge in [0.2, 0.25) is 0 Å². The highest BCUT2D eigenvalue weighted by molar-refractivity contribution is 9.10. The number of aliphatic hydroxyl groups is 1. The summed E-state index contributed by atoms with van der Waals surface area (Å²) in [5, 5.41) is 8.94. The van der Waals surface area contributed by atoms with Gasteiger partial charge < -0.3 is 5.11 Å². The van der Waals surface area contributed by atoms with Crippen LogP contribution in [0.3, 0.4) is 0 Å². The SMILES string of the molecule is CC(C)CSc1ccc(CO)cc1Br. The first-order valence-electron chi connectivity index (χ1n) is 4.65. The third-order valence-corrected chi connectivity index (χ3v) is 4.17. The largest absolute Gasteiger partial charge is 0.392 e. The maximum absolute atomic E-state index is 8.94. The average molecular weight is 275 g/mol. The highest BCUT2D eigenvalue weighted by atomic mass is 79.9.